The van der Waals surface area contributed by atoms with Crippen LogP contribution in [-0.4, -0.2) is 49.3 Å². The largest absolute Gasteiger partial charge is 0.472 e. The average Bonchev–Trinajstić information content (AvgIpc) is 3.08. The van der Waals surface area contributed by atoms with Crippen molar-refractivity contribution in [2.75, 3.05) is 26.4 Å². The Morgan fingerprint density at radius 1 is 0.612 bits per heavy atom. The summed E-state index contributed by atoms with van der Waals surface area (Å²) in [6.45, 7) is 3.65. The summed E-state index contributed by atoms with van der Waals surface area (Å²) in [6.07, 6.45) is 37.4. The van der Waals surface area contributed by atoms with Gasteiger partial charge in [-0.1, -0.05) is 121 Å². The average molecular weight is 714 g/mol. The number of nitrogens with two attached hydrogens (primary N) is 1. The first-order valence-corrected chi connectivity index (χ1v) is 21.0. The second-order valence-corrected chi connectivity index (χ2v) is 14.2. The highest BCUT2D eigenvalue weighted by Crippen LogP contribution is 2.43. The molecule has 3 N–H and O–H groups in total. The molecule has 2 unspecified atom stereocenters. The van der Waals surface area contributed by atoms with Crippen molar-refractivity contribution >= 4 is 19.8 Å². The number of unbranched alkanes of at least 4 members (excludes halogenated alkanes) is 17. The lowest BCUT2D eigenvalue weighted by Crippen LogP contribution is -2.29. The van der Waals surface area contributed by atoms with Crippen molar-refractivity contribution in [3.05, 3.63) is 36.5 Å². The summed E-state index contributed by atoms with van der Waals surface area (Å²) < 4.78 is 32.6. The molecule has 0 rings (SSSR count). The number of hydrogen-bond donors (Lipinski definition) is 2. The lowest BCUT2D eigenvalue weighted by atomic mass is 10.1. The van der Waals surface area contributed by atoms with E-state index in [2.05, 4.69) is 50.3 Å². The van der Waals surface area contributed by atoms with Crippen molar-refractivity contribution in [2.24, 2.45) is 5.73 Å². The van der Waals surface area contributed by atoms with Gasteiger partial charge in [-0.05, 0) is 70.6 Å². The van der Waals surface area contributed by atoms with Crippen molar-refractivity contribution in [2.45, 2.75) is 174 Å². The second-order valence-electron chi connectivity index (χ2n) is 12.8. The molecule has 49 heavy (non-hydrogen) atoms. The Balaban J connectivity index is 4.26. The van der Waals surface area contributed by atoms with E-state index < -0.39 is 32.5 Å². The van der Waals surface area contributed by atoms with Crippen LogP contribution in [0.2, 0.25) is 0 Å². The van der Waals surface area contributed by atoms with Gasteiger partial charge >= 0.3 is 19.8 Å². The number of carbonyl (C=O) groups is 2. The zero-order valence-corrected chi connectivity index (χ0v) is 32.1. The van der Waals surface area contributed by atoms with E-state index in [4.69, 9.17) is 24.3 Å². The molecule has 0 spiro atoms. The van der Waals surface area contributed by atoms with Crippen molar-refractivity contribution in [3.63, 3.8) is 0 Å². The molecule has 0 saturated carbocycles. The first kappa shape index (κ1) is 47.2. The van der Waals surface area contributed by atoms with Crippen LogP contribution in [0.3, 0.4) is 0 Å². The van der Waals surface area contributed by atoms with Crippen LogP contribution in [0.5, 0.6) is 0 Å². The van der Waals surface area contributed by atoms with Crippen molar-refractivity contribution in [1.29, 1.82) is 0 Å². The van der Waals surface area contributed by atoms with E-state index in [0.29, 0.717) is 6.42 Å². The highest BCUT2D eigenvalue weighted by atomic mass is 31.2. The SMILES string of the molecule is CCCCCC=CCC=CCCCCCCCC(=O)OC(COC(=O)CCCCCCCC=CCCCCCC)COP(=O)(O)OCCN. The monoisotopic (exact) mass is 713 g/mol. The Hall–Kier alpha value is -1.77. The van der Waals surface area contributed by atoms with Gasteiger partial charge in [-0.2, -0.15) is 0 Å². The molecule has 286 valence electrons. The highest BCUT2D eigenvalue weighted by Gasteiger charge is 2.25. The van der Waals surface area contributed by atoms with Gasteiger partial charge in [0.2, 0.25) is 0 Å². The molecule has 10 heteroatoms. The van der Waals surface area contributed by atoms with Gasteiger partial charge in [0.25, 0.3) is 0 Å². The predicted molar refractivity (Wildman–Crippen MR) is 201 cm³/mol. The lowest BCUT2D eigenvalue weighted by molar-refractivity contribution is -0.161. The fraction of sp³-hybridized carbons (Fsp3) is 0.795. The van der Waals surface area contributed by atoms with E-state index in [9.17, 15) is 19.0 Å². The van der Waals surface area contributed by atoms with Crippen LogP contribution in [0, 0.1) is 0 Å². The van der Waals surface area contributed by atoms with E-state index in [1.54, 1.807) is 0 Å². The van der Waals surface area contributed by atoms with Crippen LogP contribution in [-0.2, 0) is 32.7 Å². The number of phosphoric acid groups is 1. The molecule has 0 radical (unpaired) electrons. The summed E-state index contributed by atoms with van der Waals surface area (Å²) in [5, 5.41) is 0. The molecule has 0 aliphatic rings. The van der Waals surface area contributed by atoms with Gasteiger partial charge in [-0.25, -0.2) is 4.57 Å². The number of esters is 2. The number of ether oxygens (including phenoxy) is 2. The molecule has 0 amide bonds. The quantitative estimate of drug-likeness (QED) is 0.0281. The van der Waals surface area contributed by atoms with Gasteiger partial charge in [0, 0.05) is 19.4 Å². The molecular weight excluding hydrogens is 641 g/mol. The number of carbonyl (C=O) groups excluding carboxylic acids is 2. The summed E-state index contributed by atoms with van der Waals surface area (Å²) in [7, 11) is -4.38. The van der Waals surface area contributed by atoms with E-state index in [1.807, 2.05) is 0 Å². The fourth-order valence-electron chi connectivity index (χ4n) is 5.07. The Kier molecular flexibility index (Phi) is 34.7. The molecule has 0 heterocycles. The van der Waals surface area contributed by atoms with Gasteiger partial charge < -0.3 is 20.1 Å². The summed E-state index contributed by atoms with van der Waals surface area (Å²) >= 11 is 0. The van der Waals surface area contributed by atoms with Gasteiger partial charge in [-0.3, -0.25) is 18.6 Å². The molecule has 0 saturated heterocycles. The Labute approximate surface area is 299 Å². The molecule has 0 aromatic rings. The Morgan fingerprint density at radius 2 is 1.06 bits per heavy atom. The maximum Gasteiger partial charge on any atom is 0.472 e. The number of rotatable bonds is 36. The predicted octanol–water partition coefficient (Wildman–Crippen LogP) is 10.6. The summed E-state index contributed by atoms with van der Waals surface area (Å²) in [5.41, 5.74) is 5.33. The maximum absolute atomic E-state index is 12.5. The molecule has 0 aromatic carbocycles. The van der Waals surface area contributed by atoms with E-state index in [-0.39, 0.29) is 32.6 Å². The van der Waals surface area contributed by atoms with Gasteiger partial charge in [0.1, 0.15) is 6.61 Å². The van der Waals surface area contributed by atoms with Gasteiger partial charge in [-0.15, -0.1) is 0 Å². The minimum absolute atomic E-state index is 0.0493. The van der Waals surface area contributed by atoms with Crippen LogP contribution in [0.15, 0.2) is 36.5 Å². The smallest absolute Gasteiger partial charge is 0.462 e. The molecule has 2 atom stereocenters. The van der Waals surface area contributed by atoms with Crippen LogP contribution in [0.1, 0.15) is 168 Å². The first-order valence-electron chi connectivity index (χ1n) is 19.5. The van der Waals surface area contributed by atoms with E-state index >= 15 is 0 Å². The molecule has 0 aliphatic heterocycles. The van der Waals surface area contributed by atoms with Crippen LogP contribution in [0.25, 0.3) is 0 Å². The Morgan fingerprint density at radius 3 is 1.61 bits per heavy atom. The van der Waals surface area contributed by atoms with Crippen LogP contribution in [0.4, 0.5) is 0 Å². The van der Waals surface area contributed by atoms with Gasteiger partial charge in [0.05, 0.1) is 13.2 Å². The van der Waals surface area contributed by atoms with E-state index in [0.717, 1.165) is 77.0 Å². The summed E-state index contributed by atoms with van der Waals surface area (Å²) in [4.78, 5) is 34.7. The normalized spacial score (nSPS) is 13.8. The van der Waals surface area contributed by atoms with E-state index in [1.165, 1.54) is 57.8 Å². The minimum atomic E-state index is -4.38. The lowest BCUT2D eigenvalue weighted by Gasteiger charge is -2.19. The molecule has 0 aliphatic carbocycles. The van der Waals surface area contributed by atoms with Crippen LogP contribution < -0.4 is 5.73 Å². The third-order valence-electron chi connectivity index (χ3n) is 8.00. The zero-order chi connectivity index (χ0) is 36.1. The summed E-state index contributed by atoms with van der Waals surface area (Å²) in [6, 6.07) is 0. The Bertz CT molecular complexity index is 907. The maximum atomic E-state index is 12.5. The van der Waals surface area contributed by atoms with Gasteiger partial charge in [0.15, 0.2) is 6.10 Å². The molecular formula is C39H72NO8P. The first-order chi connectivity index (χ1) is 23.8. The van der Waals surface area contributed by atoms with Crippen molar-refractivity contribution in [1.82, 2.24) is 0 Å². The summed E-state index contributed by atoms with van der Waals surface area (Å²) in [5.74, 6) is -0.857. The third kappa shape index (κ3) is 35.8. The van der Waals surface area contributed by atoms with Crippen LogP contribution >= 0.6 is 7.82 Å². The topological polar surface area (TPSA) is 134 Å². The standard InChI is InChI=1S/C39H72NO8P/c1-3-5-7-9-11-13-15-17-18-20-22-24-26-28-30-32-39(42)48-37(36-47-49(43,44)46-34-33-40)35-45-38(41)31-29-27-25-23-21-19-16-14-12-10-8-6-4-2/h11,13-14,16-18,37H,3-10,12,15,19-36,40H2,1-2H3,(H,43,44). The number of hydrogen-bond acceptors (Lipinski definition) is 8. The molecule has 0 aromatic heterocycles. The fourth-order valence-corrected chi connectivity index (χ4v) is 5.83. The van der Waals surface area contributed by atoms with Crippen molar-refractivity contribution in [3.8, 4) is 0 Å². The van der Waals surface area contributed by atoms with Crippen molar-refractivity contribution < 1.29 is 37.6 Å². The zero-order valence-electron chi connectivity index (χ0n) is 31.2. The highest BCUT2D eigenvalue weighted by molar-refractivity contribution is 7.47. The third-order valence-corrected chi connectivity index (χ3v) is 8.98. The molecule has 0 fully saturated rings. The number of allylic oxidation sites excluding steroid dienone is 6. The number of phosphoric ester groups is 1. The molecule has 0 bridgehead atoms. The minimum Gasteiger partial charge on any atom is -0.462 e. The molecule has 9 nitrogen and oxygen atoms in total. The second kappa shape index (κ2) is 36.0.